The van der Waals surface area contributed by atoms with Crippen LogP contribution in [0.3, 0.4) is 0 Å². The number of benzene rings is 1. The third-order valence-corrected chi connectivity index (χ3v) is 4.70. The van der Waals surface area contributed by atoms with Gasteiger partial charge in [-0.05, 0) is 50.4 Å². The number of piperidine rings is 1. The molecule has 1 fully saturated rings. The van der Waals surface area contributed by atoms with Crippen LogP contribution in [0.15, 0.2) is 24.3 Å². The Hall–Kier alpha value is -1.76. The molecule has 0 unspecified atom stereocenters. The number of rotatable bonds is 8. The van der Waals surface area contributed by atoms with E-state index in [1.54, 1.807) is 0 Å². The fraction of sp³-hybridized carbons (Fsp3) is 0.632. The van der Waals surface area contributed by atoms with Crippen LogP contribution < -0.4 is 10.1 Å². The number of hydrogen-bond donors (Lipinski definition) is 1. The Morgan fingerprint density at radius 1 is 1.35 bits per heavy atom. The number of hydrogen-bond acceptors (Lipinski definition) is 3. The normalized spacial score (nSPS) is 18.5. The zero-order valence-corrected chi connectivity index (χ0v) is 15.1. The number of nitrogens with one attached hydrogen (secondary N) is 1. The van der Waals surface area contributed by atoms with Crippen molar-refractivity contribution in [2.75, 3.05) is 26.2 Å². The number of nitrogens with zero attached hydrogens (tertiary/aromatic N) is 1. The largest absolute Gasteiger partial charge is 0.484 e. The fourth-order valence-corrected chi connectivity index (χ4v) is 3.29. The summed E-state index contributed by atoms with van der Waals surface area (Å²) in [6.07, 6.45) is 1.34. The molecule has 146 valence electrons. The fourth-order valence-electron chi connectivity index (χ4n) is 3.29. The first kappa shape index (κ1) is 20.6. The van der Waals surface area contributed by atoms with Gasteiger partial charge in [0.1, 0.15) is 5.75 Å². The molecule has 1 aromatic rings. The summed E-state index contributed by atoms with van der Waals surface area (Å²) >= 11 is 0. The predicted molar refractivity (Wildman–Crippen MR) is 94.1 cm³/mol. The van der Waals surface area contributed by atoms with Crippen molar-refractivity contribution in [3.8, 4) is 5.75 Å². The SMILES string of the molecule is CC[C@H]1CCCCN1CCCNC(=O)COc1cccc(C(F)(F)F)c1. The molecule has 0 spiro atoms. The molecule has 0 saturated carbocycles. The van der Waals surface area contributed by atoms with Crippen LogP contribution in [0, 0.1) is 0 Å². The summed E-state index contributed by atoms with van der Waals surface area (Å²) in [6.45, 7) is 4.52. The Bertz CT molecular complexity index is 578. The van der Waals surface area contributed by atoms with E-state index in [1.165, 1.54) is 31.4 Å². The highest BCUT2D eigenvalue weighted by molar-refractivity contribution is 5.77. The molecule has 2 rings (SSSR count). The summed E-state index contributed by atoms with van der Waals surface area (Å²) in [4.78, 5) is 14.3. The molecule has 0 aliphatic carbocycles. The third-order valence-electron chi connectivity index (χ3n) is 4.70. The monoisotopic (exact) mass is 372 g/mol. The van der Waals surface area contributed by atoms with Crippen LogP contribution in [0.1, 0.15) is 44.6 Å². The molecule has 1 aromatic carbocycles. The lowest BCUT2D eigenvalue weighted by Gasteiger charge is -2.35. The first-order chi connectivity index (χ1) is 12.4. The minimum absolute atomic E-state index is 0.0362. The van der Waals surface area contributed by atoms with Gasteiger partial charge in [0, 0.05) is 19.1 Å². The molecule has 0 radical (unpaired) electrons. The number of halogens is 3. The van der Waals surface area contributed by atoms with Crippen LogP contribution in [0.25, 0.3) is 0 Å². The van der Waals surface area contributed by atoms with Crippen LogP contribution in [0.5, 0.6) is 5.75 Å². The van der Waals surface area contributed by atoms with Crippen LogP contribution >= 0.6 is 0 Å². The average molecular weight is 372 g/mol. The number of ether oxygens (including phenoxy) is 1. The summed E-state index contributed by atoms with van der Waals surface area (Å²) in [5.74, 6) is -0.290. The predicted octanol–water partition coefficient (Wildman–Crippen LogP) is 3.86. The first-order valence-corrected chi connectivity index (χ1v) is 9.21. The smallest absolute Gasteiger partial charge is 0.416 e. The molecule has 26 heavy (non-hydrogen) atoms. The second-order valence-electron chi connectivity index (χ2n) is 6.61. The van der Waals surface area contributed by atoms with E-state index < -0.39 is 11.7 Å². The number of alkyl halides is 3. The molecule has 1 aliphatic heterocycles. The second-order valence-corrected chi connectivity index (χ2v) is 6.61. The Morgan fingerprint density at radius 3 is 2.88 bits per heavy atom. The molecule has 1 amide bonds. The maximum atomic E-state index is 12.6. The van der Waals surface area contributed by atoms with Gasteiger partial charge < -0.3 is 15.0 Å². The van der Waals surface area contributed by atoms with Gasteiger partial charge in [-0.25, -0.2) is 0 Å². The number of amides is 1. The maximum absolute atomic E-state index is 12.6. The van der Waals surface area contributed by atoms with Crippen molar-refractivity contribution in [2.45, 2.75) is 51.2 Å². The molecule has 1 heterocycles. The summed E-state index contributed by atoms with van der Waals surface area (Å²) in [5, 5.41) is 2.76. The van der Waals surface area contributed by atoms with Crippen molar-refractivity contribution in [1.29, 1.82) is 0 Å². The molecule has 1 atom stereocenters. The van der Waals surface area contributed by atoms with E-state index in [9.17, 15) is 18.0 Å². The van der Waals surface area contributed by atoms with Gasteiger partial charge in [-0.2, -0.15) is 13.2 Å². The van der Waals surface area contributed by atoms with E-state index in [2.05, 4.69) is 17.1 Å². The van der Waals surface area contributed by atoms with Crippen LogP contribution in [0.4, 0.5) is 13.2 Å². The van der Waals surface area contributed by atoms with E-state index >= 15 is 0 Å². The molecular formula is C19H27F3N2O2. The Labute approximate surface area is 152 Å². The second kappa shape index (κ2) is 9.80. The zero-order valence-electron chi connectivity index (χ0n) is 15.1. The van der Waals surface area contributed by atoms with Crippen molar-refractivity contribution in [1.82, 2.24) is 10.2 Å². The Morgan fingerprint density at radius 2 is 2.15 bits per heavy atom. The third kappa shape index (κ3) is 6.52. The van der Waals surface area contributed by atoms with Crippen molar-refractivity contribution in [2.24, 2.45) is 0 Å². The minimum Gasteiger partial charge on any atom is -0.484 e. The molecule has 1 N–H and O–H groups in total. The highest BCUT2D eigenvalue weighted by Crippen LogP contribution is 2.31. The summed E-state index contributed by atoms with van der Waals surface area (Å²) < 4.78 is 43.1. The zero-order chi connectivity index (χ0) is 19.0. The van der Waals surface area contributed by atoms with Gasteiger partial charge in [-0.15, -0.1) is 0 Å². The molecule has 1 aliphatic rings. The van der Waals surface area contributed by atoms with Crippen molar-refractivity contribution >= 4 is 5.91 Å². The quantitative estimate of drug-likeness (QED) is 0.705. The van der Waals surface area contributed by atoms with Gasteiger partial charge in [0.25, 0.3) is 5.91 Å². The van der Waals surface area contributed by atoms with E-state index in [1.807, 2.05) is 0 Å². The molecule has 1 saturated heterocycles. The Balaban J connectivity index is 1.66. The molecule has 7 heteroatoms. The lowest BCUT2D eigenvalue weighted by molar-refractivity contribution is -0.137. The molecule has 4 nitrogen and oxygen atoms in total. The van der Waals surface area contributed by atoms with Gasteiger partial charge >= 0.3 is 6.18 Å². The Kier molecular flexibility index (Phi) is 7.75. The lowest BCUT2D eigenvalue weighted by Crippen LogP contribution is -2.41. The first-order valence-electron chi connectivity index (χ1n) is 9.21. The van der Waals surface area contributed by atoms with E-state index in [4.69, 9.17) is 4.74 Å². The minimum atomic E-state index is -4.42. The molecular weight excluding hydrogens is 345 g/mol. The van der Waals surface area contributed by atoms with Crippen LogP contribution in [-0.2, 0) is 11.0 Å². The van der Waals surface area contributed by atoms with Crippen LogP contribution in [-0.4, -0.2) is 43.1 Å². The topological polar surface area (TPSA) is 41.6 Å². The molecule has 0 bridgehead atoms. The lowest BCUT2D eigenvalue weighted by atomic mass is 10.00. The standard InChI is InChI=1S/C19H27F3N2O2/c1-2-16-8-3-4-11-24(16)12-6-10-23-18(25)14-26-17-9-5-7-15(13-17)19(20,21)22/h5,7,9,13,16H,2-4,6,8,10-12,14H2,1H3,(H,23,25)/t16-/m0/s1. The number of carbonyl (C=O) groups is 1. The van der Waals surface area contributed by atoms with Crippen molar-refractivity contribution in [3.05, 3.63) is 29.8 Å². The summed E-state index contributed by atoms with van der Waals surface area (Å²) in [6, 6.07) is 5.18. The van der Waals surface area contributed by atoms with Gasteiger partial charge in [-0.3, -0.25) is 4.79 Å². The van der Waals surface area contributed by atoms with E-state index in [0.29, 0.717) is 12.6 Å². The number of carbonyl (C=O) groups excluding carboxylic acids is 1. The van der Waals surface area contributed by atoms with Gasteiger partial charge in [0.05, 0.1) is 5.56 Å². The average Bonchev–Trinajstić information content (AvgIpc) is 2.63. The highest BCUT2D eigenvalue weighted by atomic mass is 19.4. The van der Waals surface area contributed by atoms with Gasteiger partial charge in [-0.1, -0.05) is 19.4 Å². The maximum Gasteiger partial charge on any atom is 0.416 e. The number of likely N-dealkylation sites (tertiary alicyclic amines) is 1. The summed E-state index contributed by atoms with van der Waals surface area (Å²) in [5.41, 5.74) is -0.789. The highest BCUT2D eigenvalue weighted by Gasteiger charge is 2.30. The summed E-state index contributed by atoms with van der Waals surface area (Å²) in [7, 11) is 0. The van der Waals surface area contributed by atoms with Crippen LogP contribution in [0.2, 0.25) is 0 Å². The van der Waals surface area contributed by atoms with Crippen molar-refractivity contribution in [3.63, 3.8) is 0 Å². The van der Waals surface area contributed by atoms with Crippen molar-refractivity contribution < 1.29 is 22.7 Å². The van der Waals surface area contributed by atoms with E-state index in [0.717, 1.165) is 38.1 Å². The van der Waals surface area contributed by atoms with Gasteiger partial charge in [0.2, 0.25) is 0 Å². The van der Waals surface area contributed by atoms with E-state index in [-0.39, 0.29) is 18.3 Å². The van der Waals surface area contributed by atoms with Gasteiger partial charge in [0.15, 0.2) is 6.61 Å². The molecule has 0 aromatic heterocycles.